The van der Waals surface area contributed by atoms with E-state index >= 15 is 0 Å². The van der Waals surface area contributed by atoms with E-state index in [0.29, 0.717) is 16.5 Å². The average Bonchev–Trinajstić information content (AvgIpc) is 2.80. The number of nitrogens with one attached hydrogen (secondary N) is 1. The van der Waals surface area contributed by atoms with Gasteiger partial charge in [-0.3, -0.25) is 14.4 Å². The minimum absolute atomic E-state index is 0.124. The zero-order valence-corrected chi connectivity index (χ0v) is 15.1. The number of anilines is 1. The molecule has 1 aliphatic rings. The van der Waals surface area contributed by atoms with E-state index in [1.165, 1.54) is 11.3 Å². The Labute approximate surface area is 145 Å². The fourth-order valence-electron chi connectivity index (χ4n) is 3.08. The van der Waals surface area contributed by atoms with Gasteiger partial charge in [0, 0.05) is 11.3 Å². The first-order chi connectivity index (χ1) is 11.1. The Morgan fingerprint density at radius 1 is 1.29 bits per heavy atom. The molecule has 1 aliphatic carbocycles. The van der Waals surface area contributed by atoms with E-state index in [0.717, 1.165) is 29.7 Å². The fraction of sp³-hybridized carbons (Fsp3) is 0.588. The number of carbonyl (C=O) groups is 3. The first kappa shape index (κ1) is 18.4. The third-order valence-electron chi connectivity index (χ3n) is 4.56. The number of carboxylic acid groups (broad SMARTS) is 1. The summed E-state index contributed by atoms with van der Waals surface area (Å²) < 4.78 is 0. The number of carboxylic acids is 1. The number of amides is 2. The average molecular weight is 352 g/mol. The van der Waals surface area contributed by atoms with Crippen molar-refractivity contribution in [1.29, 1.82) is 0 Å². The van der Waals surface area contributed by atoms with E-state index < -0.39 is 17.8 Å². The molecule has 1 atom stereocenters. The topological polar surface area (TPSA) is 109 Å². The third kappa shape index (κ3) is 4.14. The number of nitrogens with two attached hydrogens (primary N) is 1. The Hall–Kier alpha value is -1.89. The maximum atomic E-state index is 11.9. The molecule has 0 radical (unpaired) electrons. The van der Waals surface area contributed by atoms with Crippen LogP contribution in [0, 0.1) is 11.3 Å². The van der Waals surface area contributed by atoms with Gasteiger partial charge in [0.1, 0.15) is 5.00 Å². The van der Waals surface area contributed by atoms with Gasteiger partial charge in [-0.15, -0.1) is 11.3 Å². The molecular weight excluding hydrogens is 328 g/mol. The lowest BCUT2D eigenvalue weighted by molar-refractivity contribution is -0.138. The van der Waals surface area contributed by atoms with Crippen molar-refractivity contribution >= 4 is 34.1 Å². The van der Waals surface area contributed by atoms with E-state index in [1.807, 2.05) is 0 Å². The highest BCUT2D eigenvalue weighted by atomic mass is 32.1. The Morgan fingerprint density at radius 2 is 1.96 bits per heavy atom. The molecule has 0 unspecified atom stereocenters. The van der Waals surface area contributed by atoms with Crippen molar-refractivity contribution in [3.63, 3.8) is 0 Å². The van der Waals surface area contributed by atoms with Crippen LogP contribution in [0.3, 0.4) is 0 Å². The first-order valence-corrected chi connectivity index (χ1v) is 8.87. The lowest BCUT2D eigenvalue weighted by atomic mass is 9.72. The highest BCUT2D eigenvalue weighted by molar-refractivity contribution is 7.17. The predicted molar refractivity (Wildman–Crippen MR) is 93.3 cm³/mol. The molecule has 0 saturated carbocycles. The van der Waals surface area contributed by atoms with Crippen LogP contribution in [0.25, 0.3) is 0 Å². The monoisotopic (exact) mass is 352 g/mol. The van der Waals surface area contributed by atoms with Crippen LogP contribution >= 0.6 is 11.3 Å². The van der Waals surface area contributed by atoms with Crippen LogP contribution in [0.5, 0.6) is 0 Å². The number of rotatable bonds is 5. The molecule has 2 rings (SSSR count). The summed E-state index contributed by atoms with van der Waals surface area (Å²) in [6.07, 6.45) is 2.27. The van der Waals surface area contributed by atoms with Gasteiger partial charge in [0.2, 0.25) is 5.91 Å². The highest BCUT2D eigenvalue weighted by Crippen LogP contribution is 2.44. The molecular formula is C17H24N2O4S. The summed E-state index contributed by atoms with van der Waals surface area (Å²) in [6.45, 7) is 6.62. The summed E-state index contributed by atoms with van der Waals surface area (Å²) in [5.74, 6) is -1.47. The van der Waals surface area contributed by atoms with Crippen molar-refractivity contribution in [3.05, 3.63) is 16.0 Å². The van der Waals surface area contributed by atoms with Crippen LogP contribution in [0.15, 0.2) is 0 Å². The highest BCUT2D eigenvalue weighted by Gasteiger charge is 2.33. The van der Waals surface area contributed by atoms with E-state index in [2.05, 4.69) is 26.1 Å². The minimum atomic E-state index is -1.03. The second kappa shape index (κ2) is 6.93. The lowest BCUT2D eigenvalue weighted by Gasteiger charge is -2.33. The molecule has 6 nitrogen and oxygen atoms in total. The zero-order chi connectivity index (χ0) is 18.1. The lowest BCUT2D eigenvalue weighted by Crippen LogP contribution is -2.27. The van der Waals surface area contributed by atoms with Gasteiger partial charge < -0.3 is 16.2 Å². The summed E-state index contributed by atoms with van der Waals surface area (Å²) in [5.41, 5.74) is 7.04. The predicted octanol–water partition coefficient (Wildman–Crippen LogP) is 2.80. The fourth-order valence-corrected chi connectivity index (χ4v) is 4.43. The van der Waals surface area contributed by atoms with Gasteiger partial charge in [-0.05, 0) is 36.2 Å². The number of fused-ring (bicyclic) bond motifs is 1. The van der Waals surface area contributed by atoms with Crippen LogP contribution in [0.4, 0.5) is 5.00 Å². The van der Waals surface area contributed by atoms with Crippen LogP contribution in [0.1, 0.15) is 60.8 Å². The van der Waals surface area contributed by atoms with E-state index in [1.54, 1.807) is 0 Å². The van der Waals surface area contributed by atoms with Crippen LogP contribution < -0.4 is 11.1 Å². The number of hydrogen-bond acceptors (Lipinski definition) is 4. The minimum Gasteiger partial charge on any atom is -0.481 e. The molecule has 0 bridgehead atoms. The van der Waals surface area contributed by atoms with Crippen molar-refractivity contribution in [2.45, 2.75) is 52.9 Å². The van der Waals surface area contributed by atoms with Gasteiger partial charge in [0.05, 0.1) is 12.0 Å². The summed E-state index contributed by atoms with van der Waals surface area (Å²) in [4.78, 5) is 35.4. The molecule has 7 heteroatoms. The molecule has 4 N–H and O–H groups in total. The molecule has 1 heterocycles. The SMILES string of the molecule is CC(C)(C)[C@H]1CCc2c(sc(NC(=O)CCC(=O)O)c2C(N)=O)C1. The van der Waals surface area contributed by atoms with Gasteiger partial charge in [-0.25, -0.2) is 0 Å². The number of thiophene rings is 1. The Morgan fingerprint density at radius 3 is 2.50 bits per heavy atom. The van der Waals surface area contributed by atoms with Gasteiger partial charge in [0.25, 0.3) is 5.91 Å². The maximum Gasteiger partial charge on any atom is 0.303 e. The molecule has 1 aromatic rings. The zero-order valence-electron chi connectivity index (χ0n) is 14.3. The van der Waals surface area contributed by atoms with E-state index in [9.17, 15) is 14.4 Å². The third-order valence-corrected chi connectivity index (χ3v) is 5.73. The molecule has 0 fully saturated rings. The van der Waals surface area contributed by atoms with Crippen molar-refractivity contribution < 1.29 is 19.5 Å². The molecule has 0 aromatic carbocycles. The van der Waals surface area contributed by atoms with Gasteiger partial charge in [-0.2, -0.15) is 0 Å². The first-order valence-electron chi connectivity index (χ1n) is 8.05. The summed E-state index contributed by atoms with van der Waals surface area (Å²) >= 11 is 1.39. The van der Waals surface area contributed by atoms with Crippen LogP contribution in [-0.2, 0) is 22.4 Å². The van der Waals surface area contributed by atoms with Crippen molar-refractivity contribution in [3.8, 4) is 0 Å². The molecule has 24 heavy (non-hydrogen) atoms. The van der Waals surface area contributed by atoms with Crippen molar-refractivity contribution in [1.82, 2.24) is 0 Å². The second-order valence-corrected chi connectivity index (χ2v) is 8.43. The summed E-state index contributed by atoms with van der Waals surface area (Å²) in [5, 5.41) is 11.8. The molecule has 132 valence electrons. The summed E-state index contributed by atoms with van der Waals surface area (Å²) in [6, 6.07) is 0. The van der Waals surface area contributed by atoms with E-state index in [4.69, 9.17) is 10.8 Å². The molecule has 1 aromatic heterocycles. The quantitative estimate of drug-likeness (QED) is 0.757. The van der Waals surface area contributed by atoms with Gasteiger partial charge >= 0.3 is 5.97 Å². The largest absolute Gasteiger partial charge is 0.481 e. The van der Waals surface area contributed by atoms with Crippen molar-refractivity contribution in [2.75, 3.05) is 5.32 Å². The number of carbonyl (C=O) groups excluding carboxylic acids is 2. The van der Waals surface area contributed by atoms with E-state index in [-0.39, 0.29) is 18.3 Å². The second-order valence-electron chi connectivity index (χ2n) is 7.32. The van der Waals surface area contributed by atoms with Crippen LogP contribution in [-0.4, -0.2) is 22.9 Å². The Balaban J connectivity index is 2.24. The molecule has 0 aliphatic heterocycles. The number of primary amides is 1. The molecule has 0 saturated heterocycles. The normalized spacial score (nSPS) is 17.2. The van der Waals surface area contributed by atoms with Gasteiger partial charge in [0.15, 0.2) is 0 Å². The number of aliphatic carboxylic acids is 1. The maximum absolute atomic E-state index is 11.9. The van der Waals surface area contributed by atoms with Gasteiger partial charge in [-0.1, -0.05) is 20.8 Å². The smallest absolute Gasteiger partial charge is 0.303 e. The van der Waals surface area contributed by atoms with Crippen LogP contribution in [0.2, 0.25) is 0 Å². The van der Waals surface area contributed by atoms with Crippen molar-refractivity contribution in [2.24, 2.45) is 17.1 Å². The molecule has 2 amide bonds. The Bertz CT molecular complexity index is 673. The Kier molecular flexibility index (Phi) is 5.32. The molecule has 0 spiro atoms. The standard InChI is InChI=1S/C17H24N2O4S/c1-17(2,3)9-4-5-10-11(8-9)24-16(14(10)15(18)23)19-12(20)6-7-13(21)22/h9H,4-8H2,1-3H3,(H2,18,23)(H,19,20)(H,21,22)/t9-/m0/s1. The summed E-state index contributed by atoms with van der Waals surface area (Å²) in [7, 11) is 0. The number of hydrogen-bond donors (Lipinski definition) is 3.